The van der Waals surface area contributed by atoms with E-state index in [0.29, 0.717) is 12.3 Å². The molecule has 1 aromatic rings. The lowest BCUT2D eigenvalue weighted by atomic mass is 10.00. The van der Waals surface area contributed by atoms with Gasteiger partial charge in [-0.2, -0.15) is 0 Å². The summed E-state index contributed by atoms with van der Waals surface area (Å²) in [6.07, 6.45) is 0.358. The van der Waals surface area contributed by atoms with E-state index in [9.17, 15) is 4.79 Å². The van der Waals surface area contributed by atoms with Crippen LogP contribution in [-0.4, -0.2) is 13.1 Å². The summed E-state index contributed by atoms with van der Waals surface area (Å²) in [6.45, 7) is 4.27. The number of methoxy groups -OCH3 is 1. The predicted molar refractivity (Wildman–Crippen MR) is 56.3 cm³/mol. The largest absolute Gasteiger partial charge is 0.469 e. The van der Waals surface area contributed by atoms with Crippen molar-refractivity contribution in [3.63, 3.8) is 0 Å². The maximum atomic E-state index is 11.0. The Morgan fingerprint density at radius 2 is 2.14 bits per heavy atom. The summed E-state index contributed by atoms with van der Waals surface area (Å²) in [4.78, 5) is 11.0. The SMILES string of the molecule is COC(=O)Cc1cccc(C(C)C)c1. The van der Waals surface area contributed by atoms with Crippen molar-refractivity contribution >= 4 is 5.97 Å². The van der Waals surface area contributed by atoms with Crippen LogP contribution in [0.2, 0.25) is 0 Å². The van der Waals surface area contributed by atoms with E-state index in [1.807, 2.05) is 12.1 Å². The van der Waals surface area contributed by atoms with E-state index in [0.717, 1.165) is 5.56 Å². The summed E-state index contributed by atoms with van der Waals surface area (Å²) in [6, 6.07) is 8.06. The molecule has 0 aliphatic heterocycles. The van der Waals surface area contributed by atoms with Gasteiger partial charge in [-0.05, 0) is 17.0 Å². The highest BCUT2D eigenvalue weighted by molar-refractivity contribution is 5.72. The van der Waals surface area contributed by atoms with Crippen molar-refractivity contribution in [2.45, 2.75) is 26.2 Å². The van der Waals surface area contributed by atoms with Crippen molar-refractivity contribution in [1.29, 1.82) is 0 Å². The lowest BCUT2D eigenvalue weighted by Gasteiger charge is -2.07. The Balaban J connectivity index is 2.78. The standard InChI is InChI=1S/C12H16O2/c1-9(2)11-6-4-5-10(7-11)8-12(13)14-3/h4-7,9H,8H2,1-3H3. The third-order valence-electron chi connectivity index (χ3n) is 2.19. The molecule has 0 saturated heterocycles. The Labute approximate surface area is 84.9 Å². The Morgan fingerprint density at radius 1 is 1.43 bits per heavy atom. The van der Waals surface area contributed by atoms with Crippen molar-refractivity contribution in [3.8, 4) is 0 Å². The van der Waals surface area contributed by atoms with E-state index < -0.39 is 0 Å². The Hall–Kier alpha value is -1.31. The van der Waals surface area contributed by atoms with Gasteiger partial charge in [-0.25, -0.2) is 0 Å². The van der Waals surface area contributed by atoms with Gasteiger partial charge in [0.25, 0.3) is 0 Å². The molecule has 2 heteroatoms. The summed E-state index contributed by atoms with van der Waals surface area (Å²) < 4.78 is 4.62. The number of esters is 1. The van der Waals surface area contributed by atoms with E-state index >= 15 is 0 Å². The highest BCUT2D eigenvalue weighted by Gasteiger charge is 2.04. The predicted octanol–water partition coefficient (Wildman–Crippen LogP) is 2.53. The summed E-state index contributed by atoms with van der Waals surface area (Å²) in [7, 11) is 1.41. The molecule has 0 atom stereocenters. The smallest absolute Gasteiger partial charge is 0.309 e. The van der Waals surface area contributed by atoms with Gasteiger partial charge in [0.2, 0.25) is 0 Å². The molecule has 1 rings (SSSR count). The van der Waals surface area contributed by atoms with Gasteiger partial charge in [-0.1, -0.05) is 38.1 Å². The quantitative estimate of drug-likeness (QED) is 0.688. The summed E-state index contributed by atoms with van der Waals surface area (Å²) in [5.41, 5.74) is 2.27. The second-order valence-electron chi connectivity index (χ2n) is 3.65. The van der Waals surface area contributed by atoms with Crippen molar-refractivity contribution in [2.75, 3.05) is 7.11 Å². The third-order valence-corrected chi connectivity index (χ3v) is 2.19. The maximum absolute atomic E-state index is 11.0. The van der Waals surface area contributed by atoms with E-state index in [4.69, 9.17) is 0 Å². The van der Waals surface area contributed by atoms with Crippen LogP contribution >= 0.6 is 0 Å². The van der Waals surface area contributed by atoms with Gasteiger partial charge in [-0.15, -0.1) is 0 Å². The minimum Gasteiger partial charge on any atom is -0.469 e. The topological polar surface area (TPSA) is 26.3 Å². The molecule has 0 fully saturated rings. The molecule has 0 aromatic heterocycles. The summed E-state index contributed by atoms with van der Waals surface area (Å²) >= 11 is 0. The van der Waals surface area contributed by atoms with Gasteiger partial charge in [0.1, 0.15) is 0 Å². The van der Waals surface area contributed by atoms with Gasteiger partial charge in [0.05, 0.1) is 13.5 Å². The van der Waals surface area contributed by atoms with Crippen LogP contribution in [0.1, 0.15) is 30.9 Å². The van der Waals surface area contributed by atoms with Crippen LogP contribution in [-0.2, 0) is 16.0 Å². The molecular weight excluding hydrogens is 176 g/mol. The second-order valence-corrected chi connectivity index (χ2v) is 3.65. The van der Waals surface area contributed by atoms with Gasteiger partial charge < -0.3 is 4.74 Å². The van der Waals surface area contributed by atoms with Gasteiger partial charge in [0.15, 0.2) is 0 Å². The van der Waals surface area contributed by atoms with Crippen LogP contribution in [0.15, 0.2) is 24.3 Å². The molecule has 1 aromatic carbocycles. The monoisotopic (exact) mass is 192 g/mol. The van der Waals surface area contributed by atoms with Gasteiger partial charge in [0, 0.05) is 0 Å². The molecular formula is C12H16O2. The van der Waals surface area contributed by atoms with Crippen LogP contribution in [0.4, 0.5) is 0 Å². The van der Waals surface area contributed by atoms with Crippen LogP contribution in [0.3, 0.4) is 0 Å². The highest BCUT2D eigenvalue weighted by Crippen LogP contribution is 2.15. The molecule has 0 amide bonds. The number of rotatable bonds is 3. The molecule has 0 saturated carbocycles. The molecule has 0 radical (unpaired) electrons. The minimum absolute atomic E-state index is 0.189. The Kier molecular flexibility index (Phi) is 3.69. The first-order valence-electron chi connectivity index (χ1n) is 4.79. The molecule has 0 heterocycles. The number of hydrogen-bond donors (Lipinski definition) is 0. The molecule has 76 valence electrons. The fourth-order valence-electron chi connectivity index (χ4n) is 1.30. The first kappa shape index (κ1) is 10.8. The van der Waals surface area contributed by atoms with E-state index in [1.165, 1.54) is 12.7 Å². The lowest BCUT2D eigenvalue weighted by Crippen LogP contribution is -2.04. The number of ether oxygens (including phenoxy) is 1. The van der Waals surface area contributed by atoms with Crippen molar-refractivity contribution < 1.29 is 9.53 Å². The normalized spacial score (nSPS) is 10.3. The summed E-state index contributed by atoms with van der Waals surface area (Å²) in [5, 5.41) is 0. The average Bonchev–Trinajstić information content (AvgIpc) is 2.18. The molecule has 0 unspecified atom stereocenters. The Bertz CT molecular complexity index is 316. The molecule has 0 aliphatic rings. The second kappa shape index (κ2) is 4.80. The number of carbonyl (C=O) groups excluding carboxylic acids is 1. The molecule has 0 N–H and O–H groups in total. The zero-order valence-corrected chi connectivity index (χ0v) is 8.91. The van der Waals surface area contributed by atoms with Crippen LogP contribution < -0.4 is 0 Å². The number of hydrogen-bond acceptors (Lipinski definition) is 2. The van der Waals surface area contributed by atoms with E-state index in [-0.39, 0.29) is 5.97 Å². The van der Waals surface area contributed by atoms with E-state index in [1.54, 1.807) is 0 Å². The third kappa shape index (κ3) is 2.87. The minimum atomic E-state index is -0.189. The number of carbonyl (C=O) groups is 1. The van der Waals surface area contributed by atoms with Crippen molar-refractivity contribution in [2.24, 2.45) is 0 Å². The van der Waals surface area contributed by atoms with Gasteiger partial charge in [-0.3, -0.25) is 4.79 Å². The zero-order chi connectivity index (χ0) is 10.6. The fourth-order valence-corrected chi connectivity index (χ4v) is 1.30. The summed E-state index contributed by atoms with van der Waals surface area (Å²) in [5.74, 6) is 0.304. The van der Waals surface area contributed by atoms with Gasteiger partial charge >= 0.3 is 5.97 Å². The average molecular weight is 192 g/mol. The van der Waals surface area contributed by atoms with E-state index in [2.05, 4.69) is 30.7 Å². The zero-order valence-electron chi connectivity index (χ0n) is 8.91. The first-order valence-corrected chi connectivity index (χ1v) is 4.79. The van der Waals surface area contributed by atoms with Crippen LogP contribution in [0, 0.1) is 0 Å². The molecule has 2 nitrogen and oxygen atoms in total. The first-order chi connectivity index (χ1) is 6.63. The molecule has 14 heavy (non-hydrogen) atoms. The van der Waals surface area contributed by atoms with Crippen LogP contribution in [0.5, 0.6) is 0 Å². The van der Waals surface area contributed by atoms with Crippen molar-refractivity contribution in [3.05, 3.63) is 35.4 Å². The molecule has 0 aliphatic carbocycles. The van der Waals surface area contributed by atoms with Crippen molar-refractivity contribution in [1.82, 2.24) is 0 Å². The van der Waals surface area contributed by atoms with Crippen LogP contribution in [0.25, 0.3) is 0 Å². The highest BCUT2D eigenvalue weighted by atomic mass is 16.5. The Morgan fingerprint density at radius 3 is 2.71 bits per heavy atom. The fraction of sp³-hybridized carbons (Fsp3) is 0.417. The number of benzene rings is 1. The lowest BCUT2D eigenvalue weighted by molar-refractivity contribution is -0.139. The molecule has 0 spiro atoms. The molecule has 0 bridgehead atoms. The maximum Gasteiger partial charge on any atom is 0.309 e.